The van der Waals surface area contributed by atoms with Crippen molar-refractivity contribution in [1.82, 2.24) is 35.5 Å². The first-order valence-corrected chi connectivity index (χ1v) is 11.4. The second-order valence-corrected chi connectivity index (χ2v) is 8.37. The van der Waals surface area contributed by atoms with Crippen LogP contribution >= 0.6 is 12.6 Å². The molecule has 0 aromatic carbocycles. The Kier molecular flexibility index (Phi) is 8.65. The summed E-state index contributed by atoms with van der Waals surface area (Å²) >= 11 is 4.01. The minimum Gasteiger partial charge on any atom is -0.480 e. The fraction of sp³-hybridized carbons (Fsp3) is 0.500. The van der Waals surface area contributed by atoms with Gasteiger partial charge in [0.05, 0.1) is 18.7 Å². The van der Waals surface area contributed by atoms with E-state index in [0.717, 1.165) is 0 Å². The molecule has 2 aromatic heterocycles. The van der Waals surface area contributed by atoms with E-state index in [9.17, 15) is 24.3 Å². The van der Waals surface area contributed by atoms with Gasteiger partial charge in [-0.3, -0.25) is 14.4 Å². The Morgan fingerprint density at radius 1 is 1.09 bits per heavy atom. The van der Waals surface area contributed by atoms with Gasteiger partial charge >= 0.3 is 5.97 Å². The van der Waals surface area contributed by atoms with Crippen molar-refractivity contribution in [3.05, 3.63) is 36.4 Å². The van der Waals surface area contributed by atoms with Crippen LogP contribution in [0.2, 0.25) is 0 Å². The summed E-state index contributed by atoms with van der Waals surface area (Å²) in [5, 5.41) is 14.8. The Labute approximate surface area is 200 Å². The highest BCUT2D eigenvalue weighted by atomic mass is 32.1. The number of carboxylic acid groups (broad SMARTS) is 1. The largest absolute Gasteiger partial charge is 0.480 e. The van der Waals surface area contributed by atoms with E-state index in [2.05, 4.69) is 43.2 Å². The molecule has 4 atom stereocenters. The third kappa shape index (κ3) is 6.35. The molecule has 3 amide bonds. The average Bonchev–Trinajstić information content (AvgIpc) is 3.59. The van der Waals surface area contributed by atoms with E-state index in [1.165, 1.54) is 29.9 Å². The summed E-state index contributed by atoms with van der Waals surface area (Å²) in [6, 6.07) is -4.02. The molecule has 7 N–H and O–H groups in total. The summed E-state index contributed by atoms with van der Waals surface area (Å²) in [5.41, 5.74) is 6.90. The smallest absolute Gasteiger partial charge is 0.326 e. The summed E-state index contributed by atoms with van der Waals surface area (Å²) in [6.45, 7) is 0.274. The van der Waals surface area contributed by atoms with Crippen LogP contribution in [0.1, 0.15) is 24.2 Å². The van der Waals surface area contributed by atoms with Gasteiger partial charge < -0.3 is 36.3 Å². The predicted molar refractivity (Wildman–Crippen MR) is 123 cm³/mol. The fourth-order valence-electron chi connectivity index (χ4n) is 3.76. The normalized spacial score (nSPS) is 18.2. The number of nitrogens with one attached hydrogen (secondary N) is 4. The number of carbonyl (C=O) groups is 4. The van der Waals surface area contributed by atoms with E-state index in [1.54, 1.807) is 0 Å². The number of amides is 3. The molecule has 1 aliphatic rings. The number of aliphatic carboxylic acids is 1. The minimum atomic E-state index is -1.09. The standard InChI is InChI=1S/C20H28N8O5S/c21-13(8-34)17(29)26-14(4-11-6-22-9-24-11)18(30)27-15(5-12-7-23-10-25-12)19(31)28-3-1-2-16(28)20(32)33/h6-7,9-10,13-16,34H,1-5,8,21H2,(H,22,24)(H,23,25)(H,26,29)(H,27,30)(H,32,33). The van der Waals surface area contributed by atoms with E-state index >= 15 is 0 Å². The summed E-state index contributed by atoms with van der Waals surface area (Å²) in [4.78, 5) is 65.4. The van der Waals surface area contributed by atoms with Gasteiger partial charge in [-0.1, -0.05) is 0 Å². The highest BCUT2D eigenvalue weighted by Gasteiger charge is 2.38. The molecule has 3 rings (SSSR count). The molecule has 0 spiro atoms. The molecule has 0 radical (unpaired) electrons. The van der Waals surface area contributed by atoms with Crippen LogP contribution in [-0.2, 0) is 32.0 Å². The Morgan fingerprint density at radius 3 is 2.21 bits per heavy atom. The lowest BCUT2D eigenvalue weighted by Gasteiger charge is -2.28. The van der Waals surface area contributed by atoms with Gasteiger partial charge in [0.25, 0.3) is 0 Å². The topological polar surface area (TPSA) is 199 Å². The molecule has 0 bridgehead atoms. The van der Waals surface area contributed by atoms with Crippen molar-refractivity contribution < 1.29 is 24.3 Å². The molecule has 34 heavy (non-hydrogen) atoms. The van der Waals surface area contributed by atoms with E-state index in [0.29, 0.717) is 24.2 Å². The number of aromatic nitrogens is 4. The number of rotatable bonds is 11. The van der Waals surface area contributed by atoms with E-state index in [-0.39, 0.29) is 25.1 Å². The van der Waals surface area contributed by atoms with Crippen molar-refractivity contribution >= 4 is 36.3 Å². The molecule has 3 heterocycles. The monoisotopic (exact) mass is 492 g/mol. The molecular formula is C20H28N8O5S. The molecule has 2 aromatic rings. The zero-order chi connectivity index (χ0) is 24.7. The number of thiol groups is 1. The molecule has 14 heteroatoms. The number of likely N-dealkylation sites (tertiary alicyclic amines) is 1. The van der Waals surface area contributed by atoms with Gasteiger partial charge in [-0.15, -0.1) is 0 Å². The first-order valence-electron chi connectivity index (χ1n) is 10.7. The number of aromatic amines is 2. The van der Waals surface area contributed by atoms with E-state index < -0.39 is 47.9 Å². The third-order valence-corrected chi connectivity index (χ3v) is 5.95. The number of nitrogens with zero attached hydrogens (tertiary/aromatic N) is 3. The van der Waals surface area contributed by atoms with Crippen LogP contribution < -0.4 is 16.4 Å². The van der Waals surface area contributed by atoms with E-state index in [4.69, 9.17) is 5.73 Å². The first-order chi connectivity index (χ1) is 16.3. The van der Waals surface area contributed by atoms with Crippen molar-refractivity contribution in [2.24, 2.45) is 5.73 Å². The molecule has 0 aliphatic carbocycles. The van der Waals surface area contributed by atoms with E-state index in [1.807, 2.05) is 0 Å². The Morgan fingerprint density at radius 2 is 1.68 bits per heavy atom. The maximum atomic E-state index is 13.3. The number of carbonyl (C=O) groups excluding carboxylic acids is 3. The molecule has 13 nitrogen and oxygen atoms in total. The number of nitrogens with two attached hydrogens (primary N) is 1. The molecule has 1 aliphatic heterocycles. The zero-order valence-electron chi connectivity index (χ0n) is 18.3. The number of carboxylic acids is 1. The van der Waals surface area contributed by atoms with Crippen molar-refractivity contribution in [3.63, 3.8) is 0 Å². The van der Waals surface area contributed by atoms with Crippen LogP contribution in [0.5, 0.6) is 0 Å². The van der Waals surface area contributed by atoms with Crippen LogP contribution in [0.25, 0.3) is 0 Å². The van der Waals surface area contributed by atoms with Gasteiger partial charge in [0, 0.05) is 48.9 Å². The Bertz CT molecular complexity index is 983. The van der Waals surface area contributed by atoms with Gasteiger partial charge in [0.2, 0.25) is 17.7 Å². The van der Waals surface area contributed by atoms with Gasteiger partial charge in [-0.25, -0.2) is 14.8 Å². The average molecular weight is 493 g/mol. The maximum absolute atomic E-state index is 13.3. The molecule has 184 valence electrons. The second kappa shape index (κ2) is 11.7. The summed E-state index contributed by atoms with van der Waals surface area (Å²) < 4.78 is 0. The molecule has 1 fully saturated rings. The molecular weight excluding hydrogens is 464 g/mol. The third-order valence-electron chi connectivity index (χ3n) is 5.56. The number of H-pyrrole nitrogens is 2. The quantitative estimate of drug-likeness (QED) is 0.178. The van der Waals surface area contributed by atoms with Crippen molar-refractivity contribution in [2.75, 3.05) is 12.3 Å². The highest BCUT2D eigenvalue weighted by molar-refractivity contribution is 7.80. The van der Waals surface area contributed by atoms with Crippen molar-refractivity contribution in [1.29, 1.82) is 0 Å². The van der Waals surface area contributed by atoms with Crippen molar-refractivity contribution in [3.8, 4) is 0 Å². The van der Waals surface area contributed by atoms with Gasteiger partial charge in [0.1, 0.15) is 18.1 Å². The van der Waals surface area contributed by atoms with Crippen LogP contribution in [0.3, 0.4) is 0 Å². The summed E-state index contributed by atoms with van der Waals surface area (Å²) in [6.07, 6.45) is 6.93. The van der Waals surface area contributed by atoms with Crippen LogP contribution in [0, 0.1) is 0 Å². The number of imidazole rings is 2. The molecule has 1 saturated heterocycles. The van der Waals surface area contributed by atoms with Crippen LogP contribution in [0.15, 0.2) is 25.0 Å². The van der Waals surface area contributed by atoms with Gasteiger partial charge in [0.15, 0.2) is 0 Å². The lowest BCUT2D eigenvalue weighted by Crippen LogP contribution is -2.58. The number of hydrogen-bond donors (Lipinski definition) is 7. The highest BCUT2D eigenvalue weighted by Crippen LogP contribution is 2.19. The molecule has 0 saturated carbocycles. The van der Waals surface area contributed by atoms with Gasteiger partial charge in [-0.2, -0.15) is 12.6 Å². The van der Waals surface area contributed by atoms with Crippen LogP contribution in [0.4, 0.5) is 0 Å². The Hall–Kier alpha value is -3.39. The predicted octanol–water partition coefficient (Wildman–Crippen LogP) is -1.78. The maximum Gasteiger partial charge on any atom is 0.326 e. The lowest BCUT2D eigenvalue weighted by molar-refractivity contribution is -0.149. The van der Waals surface area contributed by atoms with Crippen molar-refractivity contribution in [2.45, 2.75) is 49.9 Å². The Balaban J connectivity index is 1.81. The zero-order valence-corrected chi connectivity index (χ0v) is 19.2. The second-order valence-electron chi connectivity index (χ2n) is 8.00. The summed E-state index contributed by atoms with van der Waals surface area (Å²) in [5.74, 6) is -2.74. The van der Waals surface area contributed by atoms with Crippen LogP contribution in [-0.4, -0.2) is 90.1 Å². The molecule has 4 unspecified atom stereocenters. The number of hydrogen-bond acceptors (Lipinski definition) is 8. The first kappa shape index (κ1) is 25.2. The summed E-state index contributed by atoms with van der Waals surface area (Å²) in [7, 11) is 0. The minimum absolute atomic E-state index is 0.0638. The lowest BCUT2D eigenvalue weighted by atomic mass is 10.1. The van der Waals surface area contributed by atoms with Gasteiger partial charge in [-0.05, 0) is 12.8 Å². The SMILES string of the molecule is NC(CS)C(=O)NC(Cc1cnc[nH]1)C(=O)NC(Cc1cnc[nH]1)C(=O)N1CCCC1C(=O)O. The fourth-order valence-corrected chi connectivity index (χ4v) is 3.93.